The number of carbonyl (C=O) groups is 1. The number of nitrogens with two attached hydrogens (primary N) is 1. The van der Waals surface area contributed by atoms with E-state index in [-0.39, 0.29) is 17.6 Å². The van der Waals surface area contributed by atoms with Gasteiger partial charge in [-0.2, -0.15) is 0 Å². The number of rotatable bonds is 6. The molecular formula is C15H29N3O2. The topological polar surface area (TPSA) is 67.6 Å². The van der Waals surface area contributed by atoms with Crippen molar-refractivity contribution in [2.24, 2.45) is 5.73 Å². The summed E-state index contributed by atoms with van der Waals surface area (Å²) in [5, 5.41) is 3.42. The largest absolute Gasteiger partial charge is 0.374 e. The zero-order chi connectivity index (χ0) is 14.4. The first-order valence-corrected chi connectivity index (χ1v) is 7.98. The number of hydrogen-bond donors (Lipinski definition) is 2. The van der Waals surface area contributed by atoms with Crippen LogP contribution >= 0.6 is 0 Å². The maximum absolute atomic E-state index is 12.2. The molecule has 0 aliphatic carbocycles. The standard InChI is InChI=1S/C15H29N3O2/c1-15(6-5-9-20-15)12-17-13(11-16)10-14(19)18-7-3-2-4-8-18/h13,17H,2-12,16H2,1H3. The molecule has 0 spiro atoms. The number of nitrogens with one attached hydrogen (secondary N) is 1. The Balaban J connectivity index is 1.74. The van der Waals surface area contributed by atoms with E-state index in [0.29, 0.717) is 13.0 Å². The second-order valence-electron chi connectivity index (χ2n) is 6.36. The first-order valence-electron chi connectivity index (χ1n) is 7.98. The summed E-state index contributed by atoms with van der Waals surface area (Å²) in [7, 11) is 0. The van der Waals surface area contributed by atoms with Gasteiger partial charge in [0.05, 0.1) is 5.60 Å². The lowest BCUT2D eigenvalue weighted by Crippen LogP contribution is -2.48. The van der Waals surface area contributed by atoms with Crippen molar-refractivity contribution in [2.45, 2.75) is 57.1 Å². The Hall–Kier alpha value is -0.650. The zero-order valence-electron chi connectivity index (χ0n) is 12.7. The Bertz CT molecular complexity index is 310. The molecule has 0 bridgehead atoms. The molecule has 0 saturated carbocycles. The summed E-state index contributed by atoms with van der Waals surface area (Å²) in [5.41, 5.74) is 5.72. The van der Waals surface area contributed by atoms with Crippen LogP contribution in [0.15, 0.2) is 0 Å². The van der Waals surface area contributed by atoms with Crippen molar-refractivity contribution in [3.8, 4) is 0 Å². The van der Waals surface area contributed by atoms with E-state index in [1.165, 1.54) is 6.42 Å². The molecule has 3 N–H and O–H groups in total. The van der Waals surface area contributed by atoms with E-state index in [2.05, 4.69) is 12.2 Å². The molecule has 2 saturated heterocycles. The van der Waals surface area contributed by atoms with Crippen LogP contribution in [0.1, 0.15) is 45.4 Å². The quantitative estimate of drug-likeness (QED) is 0.759. The van der Waals surface area contributed by atoms with Crippen LogP contribution in [0.2, 0.25) is 0 Å². The molecule has 2 fully saturated rings. The molecule has 116 valence electrons. The van der Waals surface area contributed by atoms with E-state index in [4.69, 9.17) is 10.5 Å². The highest BCUT2D eigenvalue weighted by Crippen LogP contribution is 2.24. The smallest absolute Gasteiger partial charge is 0.224 e. The van der Waals surface area contributed by atoms with Crippen molar-refractivity contribution >= 4 is 5.91 Å². The number of ether oxygens (including phenoxy) is 1. The van der Waals surface area contributed by atoms with Gasteiger partial charge in [-0.25, -0.2) is 0 Å². The van der Waals surface area contributed by atoms with Gasteiger partial charge >= 0.3 is 0 Å². The predicted octanol–water partition coefficient (Wildman–Crippen LogP) is 0.875. The van der Waals surface area contributed by atoms with Crippen LogP contribution in [-0.4, -0.2) is 55.2 Å². The van der Waals surface area contributed by atoms with Crippen LogP contribution in [-0.2, 0) is 9.53 Å². The molecule has 0 radical (unpaired) electrons. The first-order chi connectivity index (χ1) is 9.63. The lowest BCUT2D eigenvalue weighted by Gasteiger charge is -2.30. The Morgan fingerprint density at radius 2 is 2.10 bits per heavy atom. The lowest BCUT2D eigenvalue weighted by molar-refractivity contribution is -0.132. The van der Waals surface area contributed by atoms with Crippen molar-refractivity contribution in [1.82, 2.24) is 10.2 Å². The van der Waals surface area contributed by atoms with Gasteiger partial charge in [0, 0.05) is 45.2 Å². The second-order valence-corrected chi connectivity index (χ2v) is 6.36. The van der Waals surface area contributed by atoms with Crippen molar-refractivity contribution < 1.29 is 9.53 Å². The van der Waals surface area contributed by atoms with Gasteiger partial charge in [-0.15, -0.1) is 0 Å². The Morgan fingerprint density at radius 1 is 1.35 bits per heavy atom. The molecule has 0 aromatic carbocycles. The van der Waals surface area contributed by atoms with Gasteiger partial charge in [-0.3, -0.25) is 4.79 Å². The van der Waals surface area contributed by atoms with Crippen molar-refractivity contribution in [1.29, 1.82) is 0 Å². The van der Waals surface area contributed by atoms with Crippen LogP contribution in [0.5, 0.6) is 0 Å². The van der Waals surface area contributed by atoms with Gasteiger partial charge in [-0.05, 0) is 39.0 Å². The molecule has 0 aromatic heterocycles. The predicted molar refractivity (Wildman–Crippen MR) is 79.5 cm³/mol. The van der Waals surface area contributed by atoms with E-state index in [9.17, 15) is 4.79 Å². The van der Waals surface area contributed by atoms with Crippen molar-refractivity contribution in [2.75, 3.05) is 32.8 Å². The summed E-state index contributed by atoms with van der Waals surface area (Å²) in [6, 6.07) is 0.0606. The minimum Gasteiger partial charge on any atom is -0.374 e. The highest BCUT2D eigenvalue weighted by Gasteiger charge is 2.30. The summed E-state index contributed by atoms with van der Waals surface area (Å²) < 4.78 is 5.76. The van der Waals surface area contributed by atoms with Crippen LogP contribution < -0.4 is 11.1 Å². The third kappa shape index (κ3) is 4.43. The van der Waals surface area contributed by atoms with Crippen molar-refractivity contribution in [3.05, 3.63) is 0 Å². The number of hydrogen-bond acceptors (Lipinski definition) is 4. The Labute approximate surface area is 122 Å². The summed E-state index contributed by atoms with van der Waals surface area (Å²) in [4.78, 5) is 14.2. The number of piperidine rings is 1. The fraction of sp³-hybridized carbons (Fsp3) is 0.933. The second kappa shape index (κ2) is 7.38. The molecule has 2 aliphatic heterocycles. The summed E-state index contributed by atoms with van der Waals surface area (Å²) in [5.74, 6) is 0.241. The summed E-state index contributed by atoms with van der Waals surface area (Å²) in [6.07, 6.45) is 6.23. The van der Waals surface area contributed by atoms with Gasteiger partial charge in [0.1, 0.15) is 0 Å². The molecule has 2 heterocycles. The average molecular weight is 283 g/mol. The molecule has 1 amide bonds. The molecule has 2 atom stereocenters. The van der Waals surface area contributed by atoms with Crippen molar-refractivity contribution in [3.63, 3.8) is 0 Å². The fourth-order valence-corrected chi connectivity index (χ4v) is 3.06. The van der Waals surface area contributed by atoms with E-state index in [0.717, 1.165) is 51.9 Å². The van der Waals surface area contributed by atoms with Crippen LogP contribution in [0.3, 0.4) is 0 Å². The van der Waals surface area contributed by atoms with Crippen LogP contribution in [0, 0.1) is 0 Å². The number of carbonyl (C=O) groups excluding carboxylic acids is 1. The van der Waals surface area contributed by atoms with Gasteiger partial charge in [0.25, 0.3) is 0 Å². The van der Waals surface area contributed by atoms with E-state index in [1.807, 2.05) is 4.90 Å². The Morgan fingerprint density at radius 3 is 2.70 bits per heavy atom. The lowest BCUT2D eigenvalue weighted by atomic mass is 10.0. The zero-order valence-corrected chi connectivity index (χ0v) is 12.7. The maximum Gasteiger partial charge on any atom is 0.224 e. The minimum absolute atomic E-state index is 0.0606. The first kappa shape index (κ1) is 15.7. The SMILES string of the molecule is CC1(CNC(CN)CC(=O)N2CCCCC2)CCCO1. The van der Waals surface area contributed by atoms with Crippen LogP contribution in [0.4, 0.5) is 0 Å². The molecule has 2 unspecified atom stereocenters. The van der Waals surface area contributed by atoms with E-state index < -0.39 is 0 Å². The van der Waals surface area contributed by atoms with Crippen LogP contribution in [0.25, 0.3) is 0 Å². The molecule has 2 rings (SSSR count). The van der Waals surface area contributed by atoms with E-state index in [1.54, 1.807) is 0 Å². The van der Waals surface area contributed by atoms with Gasteiger partial charge < -0.3 is 20.7 Å². The molecule has 5 nitrogen and oxygen atoms in total. The molecular weight excluding hydrogens is 254 g/mol. The van der Waals surface area contributed by atoms with Gasteiger partial charge in [-0.1, -0.05) is 0 Å². The molecule has 0 aromatic rings. The number of nitrogens with zero attached hydrogens (tertiary/aromatic N) is 1. The normalized spacial score (nSPS) is 28.6. The number of amides is 1. The van der Waals surface area contributed by atoms with Gasteiger partial charge in [0.15, 0.2) is 0 Å². The maximum atomic E-state index is 12.2. The molecule has 2 aliphatic rings. The summed E-state index contributed by atoms with van der Waals surface area (Å²) in [6.45, 7) is 6.08. The Kier molecular flexibility index (Phi) is 5.81. The minimum atomic E-state index is -0.0818. The van der Waals surface area contributed by atoms with Gasteiger partial charge in [0.2, 0.25) is 5.91 Å². The third-order valence-electron chi connectivity index (χ3n) is 4.48. The fourth-order valence-electron chi connectivity index (χ4n) is 3.06. The number of likely N-dealkylation sites (tertiary alicyclic amines) is 1. The highest BCUT2D eigenvalue weighted by molar-refractivity contribution is 5.76. The average Bonchev–Trinajstić information content (AvgIpc) is 2.91. The third-order valence-corrected chi connectivity index (χ3v) is 4.48. The molecule has 5 heteroatoms. The highest BCUT2D eigenvalue weighted by atomic mass is 16.5. The summed E-state index contributed by atoms with van der Waals surface area (Å²) >= 11 is 0. The van der Waals surface area contributed by atoms with E-state index >= 15 is 0 Å². The molecule has 20 heavy (non-hydrogen) atoms. The monoisotopic (exact) mass is 283 g/mol.